The molecule has 3 unspecified atom stereocenters. The summed E-state index contributed by atoms with van der Waals surface area (Å²) in [5, 5.41) is 9.21. The number of aliphatic hydroxyl groups excluding tert-OH is 1. The van der Waals surface area contributed by atoms with Crippen LogP contribution in [0.25, 0.3) is 0 Å². The van der Waals surface area contributed by atoms with Gasteiger partial charge in [-0.25, -0.2) is 0 Å². The summed E-state index contributed by atoms with van der Waals surface area (Å²) in [4.78, 5) is 0. The lowest BCUT2D eigenvalue weighted by atomic mass is 10.0. The monoisotopic (exact) mass is 189 g/mol. The van der Waals surface area contributed by atoms with Crippen LogP contribution in [0.1, 0.15) is 20.3 Å². The second kappa shape index (κ2) is 4.91. The van der Waals surface area contributed by atoms with Crippen LogP contribution < -0.4 is 5.73 Å². The highest BCUT2D eigenvalue weighted by Crippen LogP contribution is 2.20. The molecule has 0 amide bonds. The van der Waals surface area contributed by atoms with E-state index in [0.29, 0.717) is 19.6 Å². The van der Waals surface area contributed by atoms with E-state index in [0.717, 1.165) is 0 Å². The number of rotatable bonds is 4. The summed E-state index contributed by atoms with van der Waals surface area (Å²) in [5.74, 6) is 0. The van der Waals surface area contributed by atoms with Gasteiger partial charge in [-0.2, -0.15) is 0 Å². The van der Waals surface area contributed by atoms with Gasteiger partial charge in [0.2, 0.25) is 0 Å². The third-order valence-electron chi connectivity index (χ3n) is 2.22. The maximum absolute atomic E-state index is 9.21. The first-order valence-corrected chi connectivity index (χ1v) is 4.82. The lowest BCUT2D eigenvalue weighted by molar-refractivity contribution is -0.0265. The Bertz CT molecular complexity index is 152. The topological polar surface area (TPSA) is 64.7 Å². The van der Waals surface area contributed by atoms with Gasteiger partial charge in [0.05, 0.1) is 24.9 Å². The van der Waals surface area contributed by atoms with Gasteiger partial charge in [-0.1, -0.05) is 0 Å². The SMILES string of the molecule is CCO[C@H]1C(N)COC1CC(C)O. The van der Waals surface area contributed by atoms with Crippen LogP contribution in [0.2, 0.25) is 0 Å². The molecule has 4 atom stereocenters. The van der Waals surface area contributed by atoms with Gasteiger partial charge in [0.25, 0.3) is 0 Å². The Morgan fingerprint density at radius 2 is 2.38 bits per heavy atom. The minimum absolute atomic E-state index is 0.0463. The van der Waals surface area contributed by atoms with Crippen LogP contribution in [0.15, 0.2) is 0 Å². The summed E-state index contributed by atoms with van der Waals surface area (Å²) in [6.07, 6.45) is 0.131. The van der Waals surface area contributed by atoms with E-state index in [1.165, 1.54) is 0 Å². The zero-order valence-corrected chi connectivity index (χ0v) is 8.27. The highest BCUT2D eigenvalue weighted by atomic mass is 16.6. The molecule has 0 radical (unpaired) electrons. The van der Waals surface area contributed by atoms with Crippen LogP contribution >= 0.6 is 0 Å². The molecular formula is C9H19NO3. The van der Waals surface area contributed by atoms with Crippen molar-refractivity contribution < 1.29 is 14.6 Å². The number of hydrogen-bond donors (Lipinski definition) is 2. The van der Waals surface area contributed by atoms with Crippen molar-refractivity contribution >= 4 is 0 Å². The van der Waals surface area contributed by atoms with E-state index in [1.54, 1.807) is 6.92 Å². The van der Waals surface area contributed by atoms with Gasteiger partial charge in [0.1, 0.15) is 6.10 Å². The molecule has 0 aromatic rings. The van der Waals surface area contributed by atoms with Gasteiger partial charge >= 0.3 is 0 Å². The molecule has 4 heteroatoms. The highest BCUT2D eigenvalue weighted by Gasteiger charge is 2.35. The maximum atomic E-state index is 9.21. The molecule has 0 saturated carbocycles. The first kappa shape index (κ1) is 10.9. The number of nitrogens with two attached hydrogens (primary N) is 1. The molecule has 0 aliphatic carbocycles. The van der Waals surface area contributed by atoms with Crippen molar-refractivity contribution in [2.24, 2.45) is 5.73 Å². The average Bonchev–Trinajstić information content (AvgIpc) is 2.35. The maximum Gasteiger partial charge on any atom is 0.101 e. The minimum atomic E-state index is -0.363. The zero-order valence-electron chi connectivity index (χ0n) is 8.27. The zero-order chi connectivity index (χ0) is 9.84. The molecule has 1 heterocycles. The summed E-state index contributed by atoms with van der Waals surface area (Å²) in [5.41, 5.74) is 5.80. The summed E-state index contributed by atoms with van der Waals surface area (Å²) in [6, 6.07) is -0.0521. The van der Waals surface area contributed by atoms with Crippen molar-refractivity contribution in [1.82, 2.24) is 0 Å². The molecule has 13 heavy (non-hydrogen) atoms. The Kier molecular flexibility index (Phi) is 4.12. The van der Waals surface area contributed by atoms with E-state index in [9.17, 15) is 5.11 Å². The summed E-state index contributed by atoms with van der Waals surface area (Å²) >= 11 is 0. The van der Waals surface area contributed by atoms with Crippen molar-refractivity contribution in [3.05, 3.63) is 0 Å². The van der Waals surface area contributed by atoms with Crippen LogP contribution in [0.4, 0.5) is 0 Å². The summed E-state index contributed by atoms with van der Waals surface area (Å²) in [7, 11) is 0. The summed E-state index contributed by atoms with van der Waals surface area (Å²) in [6.45, 7) is 4.85. The quantitative estimate of drug-likeness (QED) is 0.647. The van der Waals surface area contributed by atoms with Gasteiger partial charge in [0, 0.05) is 13.0 Å². The van der Waals surface area contributed by atoms with Gasteiger partial charge in [-0.05, 0) is 13.8 Å². The average molecular weight is 189 g/mol. The van der Waals surface area contributed by atoms with Gasteiger partial charge in [0.15, 0.2) is 0 Å². The second-order valence-electron chi connectivity index (χ2n) is 3.54. The van der Waals surface area contributed by atoms with E-state index < -0.39 is 0 Å². The minimum Gasteiger partial charge on any atom is -0.393 e. The normalized spacial score (nSPS) is 36.5. The molecule has 0 bridgehead atoms. The smallest absolute Gasteiger partial charge is 0.101 e. The van der Waals surface area contributed by atoms with Gasteiger partial charge in [-0.15, -0.1) is 0 Å². The van der Waals surface area contributed by atoms with E-state index in [2.05, 4.69) is 0 Å². The second-order valence-corrected chi connectivity index (χ2v) is 3.54. The fraction of sp³-hybridized carbons (Fsp3) is 1.00. The molecule has 4 nitrogen and oxygen atoms in total. The molecule has 3 N–H and O–H groups in total. The molecule has 1 aliphatic rings. The summed E-state index contributed by atoms with van der Waals surface area (Å²) < 4.78 is 10.9. The Hall–Kier alpha value is -0.160. The van der Waals surface area contributed by atoms with E-state index in [-0.39, 0.29) is 24.4 Å². The molecule has 0 spiro atoms. The highest BCUT2D eigenvalue weighted by molar-refractivity contribution is 4.88. The van der Waals surface area contributed by atoms with E-state index >= 15 is 0 Å². The molecule has 0 aromatic carbocycles. The van der Waals surface area contributed by atoms with Crippen molar-refractivity contribution in [1.29, 1.82) is 0 Å². The molecule has 0 aromatic heterocycles. The van der Waals surface area contributed by atoms with Gasteiger partial charge < -0.3 is 20.3 Å². The van der Waals surface area contributed by atoms with Crippen LogP contribution in [0.3, 0.4) is 0 Å². The molecule has 1 saturated heterocycles. The van der Waals surface area contributed by atoms with Gasteiger partial charge in [-0.3, -0.25) is 0 Å². The van der Waals surface area contributed by atoms with Crippen molar-refractivity contribution in [2.75, 3.05) is 13.2 Å². The third kappa shape index (κ3) is 2.91. The van der Waals surface area contributed by atoms with Crippen molar-refractivity contribution in [3.63, 3.8) is 0 Å². The molecule has 1 aliphatic heterocycles. The van der Waals surface area contributed by atoms with E-state index in [4.69, 9.17) is 15.2 Å². The standard InChI is InChI=1S/C9H19NO3/c1-3-12-9-7(10)5-13-8(9)4-6(2)11/h6-9,11H,3-5,10H2,1-2H3/t6?,7?,8?,9-/m0/s1. The predicted molar refractivity (Wildman–Crippen MR) is 49.4 cm³/mol. The first-order chi connectivity index (χ1) is 6.15. The Balaban J connectivity index is 2.43. The molecule has 1 fully saturated rings. The van der Waals surface area contributed by atoms with Crippen LogP contribution in [-0.4, -0.2) is 42.7 Å². The van der Waals surface area contributed by atoms with Crippen LogP contribution in [0.5, 0.6) is 0 Å². The van der Waals surface area contributed by atoms with E-state index in [1.807, 2.05) is 6.92 Å². The lowest BCUT2D eigenvalue weighted by Gasteiger charge is -2.21. The number of aliphatic hydroxyl groups is 1. The van der Waals surface area contributed by atoms with Crippen molar-refractivity contribution in [2.45, 2.75) is 44.6 Å². The number of hydrogen-bond acceptors (Lipinski definition) is 4. The molecular weight excluding hydrogens is 170 g/mol. The third-order valence-corrected chi connectivity index (χ3v) is 2.22. The Morgan fingerprint density at radius 3 is 2.92 bits per heavy atom. The lowest BCUT2D eigenvalue weighted by Crippen LogP contribution is -2.40. The largest absolute Gasteiger partial charge is 0.393 e. The van der Waals surface area contributed by atoms with Crippen molar-refractivity contribution in [3.8, 4) is 0 Å². The Labute approximate surface area is 79.0 Å². The first-order valence-electron chi connectivity index (χ1n) is 4.82. The number of ether oxygens (including phenoxy) is 2. The van der Waals surface area contributed by atoms with Crippen LogP contribution in [0, 0.1) is 0 Å². The Morgan fingerprint density at radius 1 is 1.69 bits per heavy atom. The predicted octanol–water partition coefficient (Wildman–Crippen LogP) is -0.111. The fourth-order valence-corrected chi connectivity index (χ4v) is 1.66. The van der Waals surface area contributed by atoms with Crippen LogP contribution in [-0.2, 0) is 9.47 Å². The fourth-order valence-electron chi connectivity index (χ4n) is 1.66. The molecule has 78 valence electrons. The molecule has 1 rings (SSSR count).